The largest absolute Gasteiger partial charge is 0.465 e. The quantitative estimate of drug-likeness (QED) is 0.452. The number of hydrogen-bond acceptors (Lipinski definition) is 5. The molecular weight excluding hydrogens is 354 g/mol. The molecule has 1 N–H and O–H groups in total. The van der Waals surface area contributed by atoms with Crippen LogP contribution in [0.3, 0.4) is 0 Å². The molecule has 28 heavy (non-hydrogen) atoms. The van der Waals surface area contributed by atoms with Gasteiger partial charge in [-0.3, -0.25) is 4.79 Å². The van der Waals surface area contributed by atoms with Crippen LogP contribution in [-0.4, -0.2) is 29.9 Å². The van der Waals surface area contributed by atoms with Crippen molar-refractivity contribution in [3.05, 3.63) is 77.5 Å². The number of esters is 1. The minimum atomic E-state index is -0.460. The van der Waals surface area contributed by atoms with Crippen molar-refractivity contribution in [2.45, 2.75) is 26.4 Å². The lowest BCUT2D eigenvalue weighted by Gasteiger charge is -2.26. The highest BCUT2D eigenvalue weighted by Crippen LogP contribution is 2.15. The average Bonchev–Trinajstić information content (AvgIpc) is 2.72. The van der Waals surface area contributed by atoms with Crippen molar-refractivity contribution in [1.82, 2.24) is 4.90 Å². The number of nitrogens with zero attached hydrogens (tertiary/aromatic N) is 2. The molecule has 6 nitrogen and oxygen atoms in total. The molecule has 0 aromatic heterocycles. The average molecular weight is 377 g/mol. The lowest BCUT2D eigenvalue weighted by Crippen LogP contribution is -2.37. The number of carbonyl (C=O) groups is 2. The maximum absolute atomic E-state index is 12.9. The normalized spacial score (nSPS) is 10.9. The lowest BCUT2D eigenvalue weighted by atomic mass is 10.1. The summed E-state index contributed by atoms with van der Waals surface area (Å²) in [7, 11) is 1.31. The van der Waals surface area contributed by atoms with Crippen molar-refractivity contribution in [3.8, 4) is 6.07 Å². The van der Waals surface area contributed by atoms with Gasteiger partial charge >= 0.3 is 5.97 Å². The van der Waals surface area contributed by atoms with Crippen molar-refractivity contribution in [3.63, 3.8) is 0 Å². The smallest absolute Gasteiger partial charge is 0.337 e. The molecule has 0 atom stereocenters. The van der Waals surface area contributed by atoms with E-state index in [4.69, 9.17) is 4.74 Å². The molecule has 0 aliphatic rings. The minimum Gasteiger partial charge on any atom is -0.465 e. The van der Waals surface area contributed by atoms with Crippen LogP contribution in [0.25, 0.3) is 0 Å². The topological polar surface area (TPSA) is 82.4 Å². The second kappa shape index (κ2) is 9.93. The second-order valence-corrected chi connectivity index (χ2v) is 6.40. The molecule has 0 saturated heterocycles. The van der Waals surface area contributed by atoms with Crippen LogP contribution in [0.5, 0.6) is 0 Å². The van der Waals surface area contributed by atoms with Gasteiger partial charge in [0.25, 0.3) is 5.91 Å². The number of anilines is 1. The van der Waals surface area contributed by atoms with Crippen LogP contribution in [-0.2, 0) is 16.1 Å². The Kier molecular flexibility index (Phi) is 7.35. The van der Waals surface area contributed by atoms with Gasteiger partial charge in [0.15, 0.2) is 0 Å². The first-order valence-electron chi connectivity index (χ1n) is 8.86. The van der Waals surface area contributed by atoms with Crippen LogP contribution in [0, 0.1) is 11.3 Å². The van der Waals surface area contributed by atoms with E-state index < -0.39 is 5.97 Å². The van der Waals surface area contributed by atoms with E-state index in [0.717, 1.165) is 5.56 Å². The Morgan fingerprint density at radius 3 is 2.50 bits per heavy atom. The summed E-state index contributed by atoms with van der Waals surface area (Å²) in [6.45, 7) is 4.22. The molecule has 2 rings (SSSR count). The van der Waals surface area contributed by atoms with E-state index in [1.165, 1.54) is 13.3 Å². The Bertz CT molecular complexity index is 899. The van der Waals surface area contributed by atoms with Gasteiger partial charge in [-0.25, -0.2) is 4.79 Å². The number of carbonyl (C=O) groups excluding carboxylic acids is 2. The predicted octanol–water partition coefficient (Wildman–Crippen LogP) is 3.73. The molecule has 144 valence electrons. The molecule has 0 aliphatic carbocycles. The van der Waals surface area contributed by atoms with Crippen molar-refractivity contribution in [2.24, 2.45) is 0 Å². The summed E-state index contributed by atoms with van der Waals surface area (Å²) in [5, 5.41) is 12.4. The molecule has 0 radical (unpaired) electrons. The van der Waals surface area contributed by atoms with Crippen LogP contribution in [0.1, 0.15) is 29.8 Å². The molecule has 0 spiro atoms. The summed E-state index contributed by atoms with van der Waals surface area (Å²) in [6.07, 6.45) is 1.36. The van der Waals surface area contributed by atoms with E-state index in [9.17, 15) is 14.9 Å². The summed E-state index contributed by atoms with van der Waals surface area (Å²) in [5.74, 6) is -0.823. The fourth-order valence-corrected chi connectivity index (χ4v) is 2.57. The maximum Gasteiger partial charge on any atom is 0.337 e. The molecule has 0 unspecified atom stereocenters. The highest BCUT2D eigenvalue weighted by molar-refractivity contribution is 5.97. The van der Waals surface area contributed by atoms with Gasteiger partial charge in [-0.2, -0.15) is 5.26 Å². The Labute approximate surface area is 165 Å². The molecule has 2 aromatic carbocycles. The SMILES string of the molecule is COC(=O)c1cccc(N/C=C(/C#N)C(=O)N(Cc2ccccc2)C(C)C)c1. The zero-order valence-electron chi connectivity index (χ0n) is 16.2. The second-order valence-electron chi connectivity index (χ2n) is 6.40. The highest BCUT2D eigenvalue weighted by Gasteiger charge is 2.21. The van der Waals surface area contributed by atoms with E-state index in [1.54, 1.807) is 29.2 Å². The molecule has 0 heterocycles. The van der Waals surface area contributed by atoms with Crippen molar-refractivity contribution >= 4 is 17.6 Å². The molecule has 1 amide bonds. The van der Waals surface area contributed by atoms with E-state index in [2.05, 4.69) is 5.32 Å². The molecule has 6 heteroatoms. The fraction of sp³-hybridized carbons (Fsp3) is 0.227. The Morgan fingerprint density at radius 2 is 1.89 bits per heavy atom. The zero-order chi connectivity index (χ0) is 20.5. The van der Waals surface area contributed by atoms with E-state index in [1.807, 2.05) is 50.2 Å². The van der Waals surface area contributed by atoms with Crippen LogP contribution in [0.15, 0.2) is 66.4 Å². The Balaban J connectivity index is 2.19. The van der Waals surface area contributed by atoms with E-state index >= 15 is 0 Å². The number of ether oxygens (including phenoxy) is 1. The molecule has 0 aliphatic heterocycles. The first kappa shape index (κ1) is 20.7. The first-order chi connectivity index (χ1) is 13.5. The highest BCUT2D eigenvalue weighted by atomic mass is 16.5. The van der Waals surface area contributed by atoms with Crippen LogP contribution < -0.4 is 5.32 Å². The molecular formula is C22H23N3O3. The van der Waals surface area contributed by atoms with E-state index in [-0.39, 0.29) is 17.5 Å². The summed E-state index contributed by atoms with van der Waals surface area (Å²) in [6, 6.07) is 18.1. The number of methoxy groups -OCH3 is 1. The number of nitrogens with one attached hydrogen (secondary N) is 1. The number of nitriles is 1. The maximum atomic E-state index is 12.9. The van der Waals surface area contributed by atoms with Gasteiger partial charge in [0.05, 0.1) is 12.7 Å². The van der Waals surface area contributed by atoms with Gasteiger partial charge < -0.3 is 15.0 Å². The summed E-state index contributed by atoms with van der Waals surface area (Å²) in [5.41, 5.74) is 1.91. The lowest BCUT2D eigenvalue weighted by molar-refractivity contribution is -0.129. The molecule has 0 bridgehead atoms. The number of benzene rings is 2. The van der Waals surface area contributed by atoms with Gasteiger partial charge in [-0.05, 0) is 37.6 Å². The first-order valence-corrected chi connectivity index (χ1v) is 8.86. The zero-order valence-corrected chi connectivity index (χ0v) is 16.2. The van der Waals surface area contributed by atoms with Crippen molar-refractivity contribution in [1.29, 1.82) is 5.26 Å². The fourth-order valence-electron chi connectivity index (χ4n) is 2.57. The Morgan fingerprint density at radius 1 is 1.18 bits per heavy atom. The third-order valence-electron chi connectivity index (χ3n) is 4.10. The van der Waals surface area contributed by atoms with E-state index in [0.29, 0.717) is 17.8 Å². The van der Waals surface area contributed by atoms with Gasteiger partial charge in [-0.15, -0.1) is 0 Å². The summed E-state index contributed by atoms with van der Waals surface area (Å²) < 4.78 is 4.70. The third-order valence-corrected chi connectivity index (χ3v) is 4.10. The van der Waals surface area contributed by atoms with Gasteiger partial charge in [0.2, 0.25) is 0 Å². The number of hydrogen-bond donors (Lipinski definition) is 1. The molecule has 2 aromatic rings. The summed E-state index contributed by atoms with van der Waals surface area (Å²) in [4.78, 5) is 26.1. The van der Waals surface area contributed by atoms with Crippen LogP contribution >= 0.6 is 0 Å². The third kappa shape index (κ3) is 5.45. The van der Waals surface area contributed by atoms with Crippen LogP contribution in [0.4, 0.5) is 5.69 Å². The summed E-state index contributed by atoms with van der Waals surface area (Å²) >= 11 is 0. The van der Waals surface area contributed by atoms with Crippen molar-refractivity contribution < 1.29 is 14.3 Å². The standard InChI is InChI=1S/C22H23N3O3/c1-16(2)25(15-17-8-5-4-6-9-17)21(26)19(13-23)14-24-20-11-7-10-18(12-20)22(27)28-3/h4-12,14,16,24H,15H2,1-3H3/b19-14-. The predicted molar refractivity (Wildman–Crippen MR) is 107 cm³/mol. The Hall–Kier alpha value is -3.59. The van der Waals surface area contributed by atoms with Crippen molar-refractivity contribution in [2.75, 3.05) is 12.4 Å². The van der Waals surface area contributed by atoms with Crippen LogP contribution in [0.2, 0.25) is 0 Å². The van der Waals surface area contributed by atoms with Gasteiger partial charge in [0.1, 0.15) is 11.6 Å². The molecule has 0 saturated carbocycles. The number of rotatable bonds is 7. The monoisotopic (exact) mass is 377 g/mol. The van der Waals surface area contributed by atoms with Gasteiger partial charge in [0, 0.05) is 24.5 Å². The molecule has 0 fully saturated rings. The minimum absolute atomic E-state index is 0.0203. The van der Waals surface area contributed by atoms with Gasteiger partial charge in [-0.1, -0.05) is 36.4 Å². The number of amides is 1.